The molecule has 1 unspecified atom stereocenters. The van der Waals surface area contributed by atoms with Crippen molar-refractivity contribution in [3.8, 4) is 0 Å². The zero-order valence-electron chi connectivity index (χ0n) is 10.5. The van der Waals surface area contributed by atoms with Gasteiger partial charge in [0, 0.05) is 19.5 Å². The van der Waals surface area contributed by atoms with Crippen molar-refractivity contribution in [3.63, 3.8) is 0 Å². The van der Waals surface area contributed by atoms with E-state index < -0.39 is 0 Å². The third-order valence-electron chi connectivity index (χ3n) is 3.19. The molecule has 1 aromatic rings. The van der Waals surface area contributed by atoms with Crippen LogP contribution in [0.3, 0.4) is 0 Å². The number of amides is 1. The number of piperidine rings is 1. The van der Waals surface area contributed by atoms with E-state index in [0.29, 0.717) is 24.2 Å². The Labute approximate surface area is 106 Å². The number of aromatic nitrogens is 2. The third-order valence-corrected chi connectivity index (χ3v) is 3.19. The zero-order valence-corrected chi connectivity index (χ0v) is 10.5. The minimum atomic E-state index is -0.251. The molecule has 1 aliphatic heterocycles. The maximum atomic E-state index is 10.9. The van der Waals surface area contributed by atoms with Gasteiger partial charge in [0.05, 0.1) is 6.04 Å². The number of hydrogen-bond acceptors (Lipinski definition) is 6. The van der Waals surface area contributed by atoms with Crippen LogP contribution < -0.4 is 16.4 Å². The smallest absolute Gasteiger partial charge is 0.318 e. The van der Waals surface area contributed by atoms with E-state index in [9.17, 15) is 4.79 Å². The molecule has 100 valence electrons. The van der Waals surface area contributed by atoms with Gasteiger partial charge >= 0.3 is 6.01 Å². The zero-order chi connectivity index (χ0) is 13.1. The molecule has 0 aliphatic carbocycles. The van der Waals surface area contributed by atoms with E-state index in [4.69, 9.17) is 15.9 Å². The van der Waals surface area contributed by atoms with Crippen molar-refractivity contribution in [2.45, 2.75) is 32.2 Å². The Morgan fingerprint density at radius 2 is 2.17 bits per heavy atom. The predicted octanol–water partition coefficient (Wildman–Crippen LogP) is 0.181. The fraction of sp³-hybridized carbons (Fsp3) is 0.727. The highest BCUT2D eigenvalue weighted by molar-refractivity contribution is 5.74. The van der Waals surface area contributed by atoms with Gasteiger partial charge in [0.2, 0.25) is 11.8 Å². The minimum Gasteiger partial charge on any atom is -0.406 e. The molecule has 0 spiro atoms. The van der Waals surface area contributed by atoms with Crippen LogP contribution in [-0.2, 0) is 4.79 Å². The lowest BCUT2D eigenvalue weighted by atomic mass is 9.93. The quantitative estimate of drug-likeness (QED) is 0.791. The van der Waals surface area contributed by atoms with E-state index in [1.54, 1.807) is 6.92 Å². The van der Waals surface area contributed by atoms with Crippen molar-refractivity contribution in [2.24, 2.45) is 17.4 Å². The van der Waals surface area contributed by atoms with Crippen molar-refractivity contribution >= 4 is 11.9 Å². The Morgan fingerprint density at radius 3 is 2.67 bits per heavy atom. The topological polar surface area (TPSA) is 111 Å². The minimum absolute atomic E-state index is 0.231. The highest BCUT2D eigenvalue weighted by atomic mass is 16.4. The molecule has 1 saturated heterocycles. The maximum absolute atomic E-state index is 10.9. The molecular weight excluding hydrogens is 234 g/mol. The van der Waals surface area contributed by atoms with Gasteiger partial charge in [-0.2, -0.15) is 0 Å². The van der Waals surface area contributed by atoms with Crippen molar-refractivity contribution in [1.29, 1.82) is 0 Å². The summed E-state index contributed by atoms with van der Waals surface area (Å²) in [6.07, 6.45) is 2.29. The summed E-state index contributed by atoms with van der Waals surface area (Å²) in [5.41, 5.74) is 10.9. The first-order valence-corrected chi connectivity index (χ1v) is 6.18. The average Bonchev–Trinajstić information content (AvgIpc) is 2.78. The first-order valence-electron chi connectivity index (χ1n) is 6.18. The standard InChI is InChI=1S/C11H19N5O2/c1-7(12)10-14-15-11(18-10)16-4-2-8(3-5-16)6-9(13)17/h7-8H,2-6,12H2,1H3,(H2,13,17). The van der Waals surface area contributed by atoms with E-state index in [-0.39, 0.29) is 11.9 Å². The van der Waals surface area contributed by atoms with Crippen molar-refractivity contribution in [1.82, 2.24) is 10.2 Å². The molecular formula is C11H19N5O2. The van der Waals surface area contributed by atoms with Crippen LogP contribution in [0.4, 0.5) is 6.01 Å². The number of carbonyl (C=O) groups excluding carboxylic acids is 1. The van der Waals surface area contributed by atoms with Gasteiger partial charge in [-0.3, -0.25) is 4.79 Å². The molecule has 0 bridgehead atoms. The van der Waals surface area contributed by atoms with Crippen molar-refractivity contribution in [3.05, 3.63) is 5.89 Å². The Balaban J connectivity index is 1.90. The first-order chi connectivity index (χ1) is 8.56. The lowest BCUT2D eigenvalue weighted by molar-refractivity contribution is -0.119. The molecule has 2 heterocycles. The van der Waals surface area contributed by atoms with Gasteiger partial charge in [0.15, 0.2) is 0 Å². The van der Waals surface area contributed by atoms with Crippen molar-refractivity contribution < 1.29 is 9.21 Å². The van der Waals surface area contributed by atoms with Gasteiger partial charge in [-0.1, -0.05) is 5.10 Å². The van der Waals surface area contributed by atoms with Crippen LogP contribution in [-0.4, -0.2) is 29.2 Å². The highest BCUT2D eigenvalue weighted by Crippen LogP contribution is 2.24. The summed E-state index contributed by atoms with van der Waals surface area (Å²) in [5.74, 6) is 0.587. The van der Waals surface area contributed by atoms with Gasteiger partial charge < -0.3 is 20.8 Å². The van der Waals surface area contributed by atoms with Crippen LogP contribution in [0.1, 0.15) is 38.1 Å². The predicted molar refractivity (Wildman–Crippen MR) is 65.6 cm³/mol. The summed E-state index contributed by atoms with van der Waals surface area (Å²) in [6, 6.07) is 0.262. The number of carbonyl (C=O) groups is 1. The van der Waals surface area contributed by atoms with Crippen LogP contribution in [0.5, 0.6) is 0 Å². The average molecular weight is 253 g/mol. The summed E-state index contributed by atoms with van der Waals surface area (Å²) in [6.45, 7) is 3.41. The molecule has 0 aromatic carbocycles. The Hall–Kier alpha value is -1.63. The van der Waals surface area contributed by atoms with Gasteiger partial charge in [-0.25, -0.2) is 0 Å². The number of hydrogen-bond donors (Lipinski definition) is 2. The van der Waals surface area contributed by atoms with E-state index in [1.165, 1.54) is 0 Å². The third kappa shape index (κ3) is 2.98. The Morgan fingerprint density at radius 1 is 1.50 bits per heavy atom. The second-order valence-corrected chi connectivity index (χ2v) is 4.81. The monoisotopic (exact) mass is 253 g/mol. The van der Waals surface area contributed by atoms with Gasteiger partial charge in [-0.05, 0) is 25.7 Å². The molecule has 2 rings (SSSR count). The largest absolute Gasteiger partial charge is 0.406 e. The van der Waals surface area contributed by atoms with Gasteiger partial charge in [0.25, 0.3) is 0 Å². The summed E-state index contributed by atoms with van der Waals surface area (Å²) < 4.78 is 5.49. The molecule has 1 atom stereocenters. The van der Waals surface area contributed by atoms with E-state index in [2.05, 4.69) is 10.2 Å². The number of nitrogens with zero attached hydrogens (tertiary/aromatic N) is 3. The lowest BCUT2D eigenvalue weighted by Crippen LogP contribution is -2.35. The summed E-state index contributed by atoms with van der Waals surface area (Å²) in [4.78, 5) is 12.9. The molecule has 18 heavy (non-hydrogen) atoms. The number of anilines is 1. The molecule has 4 N–H and O–H groups in total. The van der Waals surface area contributed by atoms with Crippen LogP contribution >= 0.6 is 0 Å². The number of primary amides is 1. The summed E-state index contributed by atoms with van der Waals surface area (Å²) in [5, 5.41) is 7.89. The molecule has 1 fully saturated rings. The van der Waals surface area contributed by atoms with Crippen LogP contribution in [0.2, 0.25) is 0 Å². The van der Waals surface area contributed by atoms with E-state index >= 15 is 0 Å². The number of nitrogens with two attached hydrogens (primary N) is 2. The summed E-state index contributed by atoms with van der Waals surface area (Å²) in [7, 11) is 0. The second-order valence-electron chi connectivity index (χ2n) is 4.81. The fourth-order valence-electron chi connectivity index (χ4n) is 2.15. The molecule has 7 nitrogen and oxygen atoms in total. The van der Waals surface area contributed by atoms with Gasteiger partial charge in [0.1, 0.15) is 0 Å². The molecule has 0 radical (unpaired) electrons. The Kier molecular flexibility index (Phi) is 3.81. The highest BCUT2D eigenvalue weighted by Gasteiger charge is 2.24. The summed E-state index contributed by atoms with van der Waals surface area (Å²) >= 11 is 0. The van der Waals surface area contributed by atoms with Crippen LogP contribution in [0.15, 0.2) is 4.42 Å². The molecule has 7 heteroatoms. The molecule has 1 amide bonds. The fourth-order valence-corrected chi connectivity index (χ4v) is 2.15. The number of rotatable bonds is 4. The van der Waals surface area contributed by atoms with Crippen LogP contribution in [0, 0.1) is 5.92 Å². The van der Waals surface area contributed by atoms with E-state index in [1.807, 2.05) is 4.90 Å². The lowest BCUT2D eigenvalue weighted by Gasteiger charge is -2.29. The second kappa shape index (κ2) is 5.34. The van der Waals surface area contributed by atoms with E-state index in [0.717, 1.165) is 25.9 Å². The molecule has 0 saturated carbocycles. The SMILES string of the molecule is CC(N)c1nnc(N2CCC(CC(N)=O)CC2)o1. The maximum Gasteiger partial charge on any atom is 0.318 e. The Bertz CT molecular complexity index is 409. The van der Waals surface area contributed by atoms with Crippen molar-refractivity contribution in [2.75, 3.05) is 18.0 Å². The van der Waals surface area contributed by atoms with Crippen LogP contribution in [0.25, 0.3) is 0 Å². The first kappa shape index (κ1) is 12.8. The molecule has 1 aromatic heterocycles. The van der Waals surface area contributed by atoms with Gasteiger partial charge in [-0.15, -0.1) is 5.10 Å². The normalized spacial score (nSPS) is 18.9. The molecule has 1 aliphatic rings.